The van der Waals surface area contributed by atoms with Crippen molar-refractivity contribution in [3.05, 3.63) is 29.8 Å². The zero-order valence-corrected chi connectivity index (χ0v) is 11.4. The number of rotatable bonds is 3. The zero-order valence-electron chi connectivity index (χ0n) is 11.4. The standard InChI is InChI=1S/C15H22N2O2/c1-17(14-9-5-2-6-11(14)10-18)15(19)12-7-3-4-8-13(12)16/h3-4,7-8,11,14,18H,2,5-6,9-10,16H2,1H3/t11-,14-/m1/s1. The van der Waals surface area contributed by atoms with Gasteiger partial charge in [0.15, 0.2) is 0 Å². The maximum absolute atomic E-state index is 12.5. The fraction of sp³-hybridized carbons (Fsp3) is 0.533. The summed E-state index contributed by atoms with van der Waals surface area (Å²) < 4.78 is 0. The van der Waals surface area contributed by atoms with Gasteiger partial charge in [0.05, 0.1) is 5.56 Å². The van der Waals surface area contributed by atoms with Crippen molar-refractivity contribution >= 4 is 11.6 Å². The molecule has 3 N–H and O–H groups in total. The molecule has 1 aliphatic rings. The van der Waals surface area contributed by atoms with Gasteiger partial charge in [-0.05, 0) is 25.0 Å². The van der Waals surface area contributed by atoms with Crippen LogP contribution in [0.25, 0.3) is 0 Å². The van der Waals surface area contributed by atoms with Crippen LogP contribution in [-0.4, -0.2) is 35.6 Å². The highest BCUT2D eigenvalue weighted by Gasteiger charge is 2.31. The summed E-state index contributed by atoms with van der Waals surface area (Å²) >= 11 is 0. The number of aliphatic hydroxyl groups is 1. The van der Waals surface area contributed by atoms with Crippen molar-refractivity contribution in [2.75, 3.05) is 19.4 Å². The normalized spacial score (nSPS) is 23.1. The molecule has 4 nitrogen and oxygen atoms in total. The van der Waals surface area contributed by atoms with E-state index >= 15 is 0 Å². The molecular weight excluding hydrogens is 240 g/mol. The molecule has 0 aliphatic heterocycles. The number of anilines is 1. The second-order valence-electron chi connectivity index (χ2n) is 5.30. The SMILES string of the molecule is CN(C(=O)c1ccccc1N)[C@@H]1CCCC[C@@H]1CO. The molecule has 0 bridgehead atoms. The van der Waals surface area contributed by atoms with Crippen molar-refractivity contribution < 1.29 is 9.90 Å². The second-order valence-corrected chi connectivity index (χ2v) is 5.30. The molecule has 1 fully saturated rings. The predicted octanol–water partition coefficient (Wildman–Crippen LogP) is 1.89. The third-order valence-electron chi connectivity index (χ3n) is 4.11. The Bertz CT molecular complexity index is 448. The van der Waals surface area contributed by atoms with Gasteiger partial charge in [0.2, 0.25) is 0 Å². The van der Waals surface area contributed by atoms with E-state index in [0.29, 0.717) is 11.3 Å². The van der Waals surface area contributed by atoms with E-state index in [2.05, 4.69) is 0 Å². The Kier molecular flexibility index (Phi) is 4.43. The molecule has 0 radical (unpaired) electrons. The number of nitrogens with two attached hydrogens (primary N) is 1. The summed E-state index contributed by atoms with van der Waals surface area (Å²) in [7, 11) is 1.81. The van der Waals surface area contributed by atoms with Crippen molar-refractivity contribution in [1.82, 2.24) is 4.90 Å². The number of para-hydroxylation sites is 1. The number of carbonyl (C=O) groups is 1. The zero-order chi connectivity index (χ0) is 13.8. The summed E-state index contributed by atoms with van der Waals surface area (Å²) in [6.07, 6.45) is 4.20. The third-order valence-corrected chi connectivity index (χ3v) is 4.11. The van der Waals surface area contributed by atoms with E-state index in [1.54, 1.807) is 17.0 Å². The lowest BCUT2D eigenvalue weighted by molar-refractivity contribution is 0.0519. The van der Waals surface area contributed by atoms with Gasteiger partial charge in [-0.15, -0.1) is 0 Å². The van der Waals surface area contributed by atoms with Crippen LogP contribution in [0, 0.1) is 5.92 Å². The van der Waals surface area contributed by atoms with Gasteiger partial charge in [-0.1, -0.05) is 25.0 Å². The lowest BCUT2D eigenvalue weighted by Gasteiger charge is -2.37. The van der Waals surface area contributed by atoms with E-state index in [1.807, 2.05) is 19.2 Å². The Morgan fingerprint density at radius 1 is 1.37 bits per heavy atom. The van der Waals surface area contributed by atoms with E-state index < -0.39 is 0 Å². The average Bonchev–Trinajstić information content (AvgIpc) is 2.46. The van der Waals surface area contributed by atoms with Crippen LogP contribution in [0.1, 0.15) is 36.0 Å². The number of benzene rings is 1. The molecule has 0 aromatic heterocycles. The minimum Gasteiger partial charge on any atom is -0.398 e. The number of carbonyl (C=O) groups excluding carboxylic acids is 1. The van der Waals surface area contributed by atoms with E-state index in [-0.39, 0.29) is 24.5 Å². The number of nitrogen functional groups attached to an aromatic ring is 1. The van der Waals surface area contributed by atoms with Crippen LogP contribution in [0.4, 0.5) is 5.69 Å². The van der Waals surface area contributed by atoms with Crippen molar-refractivity contribution in [3.8, 4) is 0 Å². The monoisotopic (exact) mass is 262 g/mol. The molecule has 0 spiro atoms. The molecule has 19 heavy (non-hydrogen) atoms. The fourth-order valence-corrected chi connectivity index (χ4v) is 2.94. The minimum atomic E-state index is -0.0524. The molecule has 2 rings (SSSR count). The quantitative estimate of drug-likeness (QED) is 0.817. The van der Waals surface area contributed by atoms with Crippen molar-refractivity contribution in [2.24, 2.45) is 5.92 Å². The first-order chi connectivity index (χ1) is 9.15. The Labute approximate surface area is 114 Å². The summed E-state index contributed by atoms with van der Waals surface area (Å²) in [6, 6.07) is 7.26. The highest BCUT2D eigenvalue weighted by Crippen LogP contribution is 2.29. The number of aliphatic hydroxyl groups excluding tert-OH is 1. The van der Waals surface area contributed by atoms with Crippen molar-refractivity contribution in [3.63, 3.8) is 0 Å². The van der Waals surface area contributed by atoms with E-state index in [4.69, 9.17) is 5.73 Å². The summed E-state index contributed by atoms with van der Waals surface area (Å²) in [5, 5.41) is 9.45. The van der Waals surface area contributed by atoms with Crippen LogP contribution < -0.4 is 5.73 Å². The Balaban J connectivity index is 2.16. The molecule has 0 heterocycles. The van der Waals surface area contributed by atoms with Gasteiger partial charge < -0.3 is 15.7 Å². The van der Waals surface area contributed by atoms with E-state index in [0.717, 1.165) is 25.7 Å². The molecule has 1 aliphatic carbocycles. The topological polar surface area (TPSA) is 66.6 Å². The van der Waals surface area contributed by atoms with E-state index in [1.165, 1.54) is 0 Å². The smallest absolute Gasteiger partial charge is 0.255 e. The van der Waals surface area contributed by atoms with Crippen molar-refractivity contribution in [1.29, 1.82) is 0 Å². The second kappa shape index (κ2) is 6.06. The number of nitrogens with zero attached hydrogens (tertiary/aromatic N) is 1. The minimum absolute atomic E-state index is 0.0524. The van der Waals surface area contributed by atoms with Crippen molar-refractivity contribution in [2.45, 2.75) is 31.7 Å². The summed E-state index contributed by atoms with van der Waals surface area (Å²) in [5.74, 6) is 0.135. The Morgan fingerprint density at radius 3 is 2.74 bits per heavy atom. The van der Waals surface area contributed by atoms with Gasteiger partial charge in [0.25, 0.3) is 5.91 Å². The molecule has 4 heteroatoms. The first-order valence-electron chi connectivity index (χ1n) is 6.87. The molecule has 1 aromatic rings. The Hall–Kier alpha value is -1.55. The number of hydrogen-bond acceptors (Lipinski definition) is 3. The first kappa shape index (κ1) is 13.9. The van der Waals surface area contributed by atoms with Crippen LogP contribution in [0.5, 0.6) is 0 Å². The molecule has 2 atom stereocenters. The van der Waals surface area contributed by atoms with Crippen LogP contribution in [0.15, 0.2) is 24.3 Å². The van der Waals surface area contributed by atoms with Gasteiger partial charge in [-0.25, -0.2) is 0 Å². The van der Waals surface area contributed by atoms with E-state index in [9.17, 15) is 9.90 Å². The average molecular weight is 262 g/mol. The summed E-state index contributed by atoms with van der Waals surface area (Å²) in [6.45, 7) is 0.145. The highest BCUT2D eigenvalue weighted by molar-refractivity contribution is 5.99. The van der Waals surface area contributed by atoms with Crippen LogP contribution in [-0.2, 0) is 0 Å². The maximum Gasteiger partial charge on any atom is 0.255 e. The lowest BCUT2D eigenvalue weighted by atomic mass is 9.84. The van der Waals surface area contributed by atoms with Gasteiger partial charge >= 0.3 is 0 Å². The lowest BCUT2D eigenvalue weighted by Crippen LogP contribution is -2.44. The fourth-order valence-electron chi connectivity index (χ4n) is 2.94. The maximum atomic E-state index is 12.5. The number of hydrogen-bond donors (Lipinski definition) is 2. The van der Waals surface area contributed by atoms with Crippen LogP contribution in [0.2, 0.25) is 0 Å². The van der Waals surface area contributed by atoms with Gasteiger partial charge in [-0.2, -0.15) is 0 Å². The third kappa shape index (κ3) is 2.89. The molecule has 1 aromatic carbocycles. The molecule has 1 amide bonds. The number of amides is 1. The predicted molar refractivity (Wildman–Crippen MR) is 75.8 cm³/mol. The van der Waals surface area contributed by atoms with Gasteiger partial charge in [-0.3, -0.25) is 4.79 Å². The molecular formula is C15H22N2O2. The highest BCUT2D eigenvalue weighted by atomic mass is 16.3. The van der Waals surface area contributed by atoms with Crippen LogP contribution in [0.3, 0.4) is 0 Å². The van der Waals surface area contributed by atoms with Crippen LogP contribution >= 0.6 is 0 Å². The molecule has 0 saturated heterocycles. The summed E-state index contributed by atoms with van der Waals surface area (Å²) in [5.41, 5.74) is 6.92. The molecule has 104 valence electrons. The first-order valence-corrected chi connectivity index (χ1v) is 6.87. The van der Waals surface area contributed by atoms with Gasteiger partial charge in [0, 0.05) is 31.3 Å². The molecule has 1 saturated carbocycles. The summed E-state index contributed by atoms with van der Waals surface area (Å²) in [4.78, 5) is 14.2. The molecule has 0 unspecified atom stereocenters. The Morgan fingerprint density at radius 2 is 2.05 bits per heavy atom. The largest absolute Gasteiger partial charge is 0.398 e. The van der Waals surface area contributed by atoms with Gasteiger partial charge in [0.1, 0.15) is 0 Å².